The summed E-state index contributed by atoms with van der Waals surface area (Å²) in [6, 6.07) is 1.78. The molecule has 2 heterocycles. The van der Waals surface area contributed by atoms with Gasteiger partial charge in [0.1, 0.15) is 0 Å². The van der Waals surface area contributed by atoms with Gasteiger partial charge in [-0.15, -0.1) is 11.3 Å². The number of nitrogens with one attached hydrogen (secondary N) is 1. The predicted octanol–water partition coefficient (Wildman–Crippen LogP) is 1.48. The number of H-pyrrole nitrogens is 1. The van der Waals surface area contributed by atoms with Gasteiger partial charge in [-0.05, 0) is 6.07 Å². The maximum Gasteiger partial charge on any atom is 0.254 e. The van der Waals surface area contributed by atoms with Crippen molar-refractivity contribution in [3.05, 3.63) is 39.8 Å². The number of nitrogens with zero attached hydrogens (tertiary/aromatic N) is 2. The molecule has 104 valence electrons. The molecule has 0 aromatic carbocycles. The number of rotatable bonds is 4. The van der Waals surface area contributed by atoms with Gasteiger partial charge >= 0.3 is 0 Å². The Balaban J connectivity index is 2.00. The van der Waals surface area contributed by atoms with Gasteiger partial charge in [-0.1, -0.05) is 11.8 Å². The van der Waals surface area contributed by atoms with Gasteiger partial charge in [-0.25, -0.2) is 0 Å². The third kappa shape index (κ3) is 3.70. The van der Waals surface area contributed by atoms with Gasteiger partial charge in [0, 0.05) is 37.2 Å². The molecule has 0 saturated carbocycles. The smallest absolute Gasteiger partial charge is 0.254 e. The van der Waals surface area contributed by atoms with E-state index >= 15 is 0 Å². The van der Waals surface area contributed by atoms with E-state index in [-0.39, 0.29) is 12.5 Å². The van der Waals surface area contributed by atoms with E-state index in [9.17, 15) is 4.79 Å². The molecule has 0 spiro atoms. The first-order chi connectivity index (χ1) is 9.70. The highest BCUT2D eigenvalue weighted by Gasteiger charge is 2.14. The molecule has 6 heteroatoms. The van der Waals surface area contributed by atoms with E-state index in [1.165, 1.54) is 11.3 Å². The molecule has 2 rings (SSSR count). The van der Waals surface area contributed by atoms with Crippen LogP contribution in [0.15, 0.2) is 23.8 Å². The molecule has 0 unspecified atom stereocenters. The molecule has 0 aliphatic rings. The van der Waals surface area contributed by atoms with E-state index in [0.717, 1.165) is 10.4 Å². The van der Waals surface area contributed by atoms with Crippen molar-refractivity contribution in [1.29, 1.82) is 0 Å². The summed E-state index contributed by atoms with van der Waals surface area (Å²) in [6.07, 6.45) is 3.91. The lowest BCUT2D eigenvalue weighted by Gasteiger charge is -2.14. The second kappa shape index (κ2) is 6.89. The Morgan fingerprint density at radius 3 is 3.15 bits per heavy atom. The van der Waals surface area contributed by atoms with Crippen molar-refractivity contribution in [1.82, 2.24) is 15.1 Å². The van der Waals surface area contributed by atoms with Gasteiger partial charge in [-0.3, -0.25) is 9.89 Å². The lowest BCUT2D eigenvalue weighted by Crippen LogP contribution is -2.25. The summed E-state index contributed by atoms with van der Waals surface area (Å²) in [5.74, 6) is 5.73. The lowest BCUT2D eigenvalue weighted by molar-refractivity contribution is 0.0785. The molecule has 0 aliphatic carbocycles. The Hall–Kier alpha value is -2.10. The molecule has 0 atom stereocenters. The number of aliphatic hydroxyl groups excluding tert-OH is 1. The molecule has 2 N–H and O–H groups in total. The molecule has 2 aromatic rings. The van der Waals surface area contributed by atoms with Gasteiger partial charge in [-0.2, -0.15) is 5.10 Å². The largest absolute Gasteiger partial charge is 0.395 e. The van der Waals surface area contributed by atoms with Crippen LogP contribution in [0.5, 0.6) is 0 Å². The van der Waals surface area contributed by atoms with Gasteiger partial charge < -0.3 is 10.0 Å². The highest BCUT2D eigenvalue weighted by atomic mass is 32.1. The lowest BCUT2D eigenvalue weighted by atomic mass is 10.2. The maximum absolute atomic E-state index is 12.2. The average Bonchev–Trinajstić information content (AvgIpc) is 3.09. The third-order valence-electron chi connectivity index (χ3n) is 2.62. The Kier molecular flexibility index (Phi) is 4.93. The zero-order chi connectivity index (χ0) is 14.4. The number of aromatic nitrogens is 2. The molecular weight excluding hydrogens is 274 g/mol. The quantitative estimate of drug-likeness (QED) is 0.838. The molecule has 2 aromatic heterocycles. The number of hydrogen-bond donors (Lipinski definition) is 2. The van der Waals surface area contributed by atoms with Crippen molar-refractivity contribution in [3.63, 3.8) is 0 Å². The first-order valence-corrected chi connectivity index (χ1v) is 7.00. The topological polar surface area (TPSA) is 69.2 Å². The molecule has 0 saturated heterocycles. The van der Waals surface area contributed by atoms with Crippen LogP contribution in [-0.4, -0.2) is 39.8 Å². The van der Waals surface area contributed by atoms with Crippen molar-refractivity contribution in [3.8, 4) is 11.8 Å². The monoisotopic (exact) mass is 289 g/mol. The number of amides is 1. The second-order valence-electron chi connectivity index (χ2n) is 4.24. The van der Waals surface area contributed by atoms with E-state index in [2.05, 4.69) is 22.0 Å². The van der Waals surface area contributed by atoms with E-state index in [4.69, 9.17) is 5.11 Å². The minimum atomic E-state index is -0.0438. The summed E-state index contributed by atoms with van der Waals surface area (Å²) in [6.45, 7) is 0.564. The van der Waals surface area contributed by atoms with E-state index in [1.54, 1.807) is 35.8 Å². The third-order valence-corrected chi connectivity index (χ3v) is 3.46. The predicted molar refractivity (Wildman–Crippen MR) is 77.3 cm³/mol. The van der Waals surface area contributed by atoms with Gasteiger partial charge in [0.25, 0.3) is 5.91 Å². The van der Waals surface area contributed by atoms with Gasteiger partial charge in [0.2, 0.25) is 0 Å². The Labute approximate surface area is 121 Å². The molecular formula is C14H15N3O2S. The molecule has 0 radical (unpaired) electrons. The van der Waals surface area contributed by atoms with Gasteiger partial charge in [0.05, 0.1) is 23.2 Å². The second-order valence-corrected chi connectivity index (χ2v) is 5.15. The minimum Gasteiger partial charge on any atom is -0.395 e. The van der Waals surface area contributed by atoms with Crippen molar-refractivity contribution >= 4 is 17.2 Å². The normalized spacial score (nSPS) is 9.90. The van der Waals surface area contributed by atoms with Crippen LogP contribution in [-0.2, 0) is 6.54 Å². The van der Waals surface area contributed by atoms with Crippen LogP contribution >= 0.6 is 11.3 Å². The highest BCUT2D eigenvalue weighted by Crippen LogP contribution is 2.16. The SMILES string of the molecule is CN(Cc1cn[nH]c1)C(=O)c1csc(C#CCCO)c1. The fourth-order valence-electron chi connectivity index (χ4n) is 1.65. The zero-order valence-corrected chi connectivity index (χ0v) is 11.9. The van der Waals surface area contributed by atoms with Crippen LogP contribution in [0.25, 0.3) is 0 Å². The van der Waals surface area contributed by atoms with E-state index in [1.807, 2.05) is 0 Å². The summed E-state index contributed by atoms with van der Waals surface area (Å²) in [4.78, 5) is 14.7. The van der Waals surface area contributed by atoms with E-state index in [0.29, 0.717) is 18.5 Å². The first kappa shape index (κ1) is 14.3. The fraction of sp³-hybridized carbons (Fsp3) is 0.286. The molecule has 0 bridgehead atoms. The van der Waals surface area contributed by atoms with Crippen LogP contribution in [0, 0.1) is 11.8 Å². The molecule has 5 nitrogen and oxygen atoms in total. The molecule has 0 fully saturated rings. The van der Waals surface area contributed by atoms with Crippen LogP contribution in [0.2, 0.25) is 0 Å². The highest BCUT2D eigenvalue weighted by molar-refractivity contribution is 7.10. The number of thiophene rings is 1. The summed E-state index contributed by atoms with van der Waals surface area (Å²) in [7, 11) is 1.75. The Morgan fingerprint density at radius 1 is 1.60 bits per heavy atom. The fourth-order valence-corrected chi connectivity index (χ4v) is 2.40. The minimum absolute atomic E-state index is 0.0438. The van der Waals surface area contributed by atoms with Crippen LogP contribution < -0.4 is 0 Å². The maximum atomic E-state index is 12.2. The standard InChI is InChI=1S/C14H15N3O2S/c1-17(9-11-7-15-16-8-11)14(19)12-6-13(20-10-12)4-2-3-5-18/h6-8,10,18H,3,5,9H2,1H3,(H,15,16). The number of hydrogen-bond acceptors (Lipinski definition) is 4. The average molecular weight is 289 g/mol. The Morgan fingerprint density at radius 2 is 2.45 bits per heavy atom. The number of carbonyl (C=O) groups is 1. The van der Waals surface area contributed by atoms with Crippen LogP contribution in [0.1, 0.15) is 27.2 Å². The van der Waals surface area contributed by atoms with Crippen LogP contribution in [0.3, 0.4) is 0 Å². The molecule has 20 heavy (non-hydrogen) atoms. The zero-order valence-electron chi connectivity index (χ0n) is 11.1. The number of aliphatic hydroxyl groups is 1. The summed E-state index contributed by atoms with van der Waals surface area (Å²) < 4.78 is 0. The summed E-state index contributed by atoms with van der Waals surface area (Å²) >= 11 is 1.43. The van der Waals surface area contributed by atoms with Crippen molar-refractivity contribution in [2.45, 2.75) is 13.0 Å². The first-order valence-electron chi connectivity index (χ1n) is 6.12. The van der Waals surface area contributed by atoms with Crippen molar-refractivity contribution in [2.24, 2.45) is 0 Å². The molecule has 1 amide bonds. The Bertz CT molecular complexity index is 622. The molecule has 0 aliphatic heterocycles. The van der Waals surface area contributed by atoms with Gasteiger partial charge in [0.15, 0.2) is 0 Å². The van der Waals surface area contributed by atoms with Crippen LogP contribution in [0.4, 0.5) is 0 Å². The van der Waals surface area contributed by atoms with E-state index < -0.39 is 0 Å². The number of carbonyl (C=O) groups excluding carboxylic acids is 1. The van der Waals surface area contributed by atoms with Crippen molar-refractivity contribution < 1.29 is 9.90 Å². The van der Waals surface area contributed by atoms with Crippen molar-refractivity contribution in [2.75, 3.05) is 13.7 Å². The summed E-state index contributed by atoms with van der Waals surface area (Å²) in [5, 5.41) is 17.0. The number of aromatic amines is 1. The summed E-state index contributed by atoms with van der Waals surface area (Å²) in [5.41, 5.74) is 1.59.